The van der Waals surface area contributed by atoms with Crippen LogP contribution in [0.5, 0.6) is 0 Å². The minimum atomic E-state index is -3.67. The Balaban J connectivity index is 1.48. The van der Waals surface area contributed by atoms with Crippen LogP contribution in [0.4, 0.5) is 5.13 Å². The molecule has 1 N–H and O–H groups in total. The summed E-state index contributed by atoms with van der Waals surface area (Å²) in [6, 6.07) is 9.90. The van der Waals surface area contributed by atoms with Crippen molar-refractivity contribution in [3.8, 4) is 0 Å². The highest BCUT2D eigenvalue weighted by Gasteiger charge is 2.28. The van der Waals surface area contributed by atoms with E-state index in [-0.39, 0.29) is 23.9 Å². The lowest BCUT2D eigenvalue weighted by molar-refractivity contribution is -0.119. The fraction of sp³-hybridized carbons (Fsp3) is 0.286. The highest BCUT2D eigenvalue weighted by molar-refractivity contribution is 7.89. The van der Waals surface area contributed by atoms with Crippen LogP contribution in [0.3, 0.4) is 0 Å². The molecule has 0 unspecified atom stereocenters. The van der Waals surface area contributed by atoms with E-state index < -0.39 is 10.0 Å². The molecular weight excluding hydrogens is 436 g/mol. The van der Waals surface area contributed by atoms with Crippen molar-refractivity contribution in [1.82, 2.24) is 14.2 Å². The van der Waals surface area contributed by atoms with Gasteiger partial charge in [-0.25, -0.2) is 13.4 Å². The van der Waals surface area contributed by atoms with Gasteiger partial charge in [0.15, 0.2) is 5.13 Å². The number of aryl methyl sites for hydroxylation is 2. The quantitative estimate of drug-likeness (QED) is 0.593. The smallest absolute Gasteiger partial charge is 0.257 e. The number of fused-ring (bicyclic) bond motifs is 1. The molecule has 2 amide bonds. The number of piperazine rings is 1. The van der Waals surface area contributed by atoms with Crippen LogP contribution >= 0.6 is 11.3 Å². The zero-order chi connectivity index (χ0) is 22.2. The molecule has 0 spiro atoms. The molecule has 1 aromatic heterocycles. The van der Waals surface area contributed by atoms with Gasteiger partial charge in [-0.2, -0.15) is 4.31 Å². The number of anilines is 1. The second-order valence-electron chi connectivity index (χ2n) is 7.47. The molecule has 0 atom stereocenters. The highest BCUT2D eigenvalue weighted by atomic mass is 32.2. The number of benzene rings is 2. The molecule has 1 fully saturated rings. The van der Waals surface area contributed by atoms with Crippen LogP contribution in [-0.4, -0.2) is 61.1 Å². The van der Waals surface area contributed by atoms with E-state index in [0.29, 0.717) is 23.8 Å². The third kappa shape index (κ3) is 4.32. The topological polar surface area (TPSA) is 99.7 Å². The van der Waals surface area contributed by atoms with Crippen molar-refractivity contribution < 1.29 is 18.0 Å². The average molecular weight is 459 g/mol. The first kappa shape index (κ1) is 21.4. The van der Waals surface area contributed by atoms with Gasteiger partial charge in [-0.05, 0) is 55.3 Å². The van der Waals surface area contributed by atoms with E-state index in [2.05, 4.69) is 16.4 Å². The molecule has 1 aliphatic heterocycles. The SMILES string of the molecule is Cc1cc(C)c2sc(NC(=O)c3ccc(S(=O)(=O)N4CCN(C=O)CC4)cc3)nc2c1. The number of hydrogen-bond acceptors (Lipinski definition) is 6. The maximum Gasteiger partial charge on any atom is 0.257 e. The van der Waals surface area contributed by atoms with Crippen molar-refractivity contribution in [2.45, 2.75) is 18.7 Å². The van der Waals surface area contributed by atoms with E-state index in [4.69, 9.17) is 0 Å². The van der Waals surface area contributed by atoms with Crippen LogP contribution in [-0.2, 0) is 14.8 Å². The van der Waals surface area contributed by atoms with E-state index in [9.17, 15) is 18.0 Å². The van der Waals surface area contributed by atoms with Crippen LogP contribution in [0, 0.1) is 13.8 Å². The molecular formula is C21H22N4O4S2. The van der Waals surface area contributed by atoms with Gasteiger partial charge in [0, 0.05) is 31.7 Å². The normalized spacial score (nSPS) is 15.2. The molecule has 1 aliphatic rings. The van der Waals surface area contributed by atoms with E-state index in [1.54, 1.807) is 4.90 Å². The third-order valence-corrected chi connectivity index (χ3v) is 8.25. The summed E-state index contributed by atoms with van der Waals surface area (Å²) in [5.74, 6) is -0.350. The monoisotopic (exact) mass is 458 g/mol. The fourth-order valence-electron chi connectivity index (χ4n) is 3.58. The standard InChI is InChI=1S/C21H22N4O4S2/c1-14-11-15(2)19-18(12-14)22-21(30-19)23-20(27)16-3-5-17(6-4-16)31(28,29)25-9-7-24(13-26)8-10-25/h3-6,11-13H,7-10H2,1-2H3,(H,22,23,27). The summed E-state index contributed by atoms with van der Waals surface area (Å²) in [7, 11) is -3.67. The van der Waals surface area contributed by atoms with Crippen molar-refractivity contribution in [1.29, 1.82) is 0 Å². The number of carbonyl (C=O) groups excluding carboxylic acids is 2. The zero-order valence-electron chi connectivity index (χ0n) is 17.2. The Bertz CT molecular complexity index is 1240. The second kappa shape index (κ2) is 8.37. The Labute approximate surface area is 184 Å². The summed E-state index contributed by atoms with van der Waals surface area (Å²) >= 11 is 1.41. The molecule has 8 nitrogen and oxygen atoms in total. The molecule has 3 aromatic rings. The Hall–Kier alpha value is -2.82. The molecule has 0 aliphatic carbocycles. The van der Waals surface area contributed by atoms with E-state index in [1.807, 2.05) is 19.9 Å². The first-order valence-corrected chi connectivity index (χ1v) is 12.0. The van der Waals surface area contributed by atoms with Crippen molar-refractivity contribution in [2.24, 2.45) is 0 Å². The average Bonchev–Trinajstić information content (AvgIpc) is 3.16. The number of nitrogens with zero attached hydrogens (tertiary/aromatic N) is 3. The number of sulfonamides is 1. The highest BCUT2D eigenvalue weighted by Crippen LogP contribution is 2.30. The summed E-state index contributed by atoms with van der Waals surface area (Å²) in [5, 5.41) is 3.30. The lowest BCUT2D eigenvalue weighted by atomic mass is 10.1. The minimum absolute atomic E-state index is 0.120. The number of aromatic nitrogens is 1. The lowest BCUT2D eigenvalue weighted by Crippen LogP contribution is -2.47. The Morgan fingerprint density at radius 2 is 1.77 bits per heavy atom. The first-order chi connectivity index (χ1) is 14.8. The van der Waals surface area contributed by atoms with Crippen LogP contribution in [0.2, 0.25) is 0 Å². The van der Waals surface area contributed by atoms with Gasteiger partial charge in [0.1, 0.15) is 0 Å². The molecule has 162 valence electrons. The lowest BCUT2D eigenvalue weighted by Gasteiger charge is -2.31. The number of nitrogens with one attached hydrogen (secondary N) is 1. The van der Waals surface area contributed by atoms with E-state index in [1.165, 1.54) is 39.9 Å². The molecule has 0 radical (unpaired) electrons. The fourth-order valence-corrected chi connectivity index (χ4v) is 5.91. The van der Waals surface area contributed by atoms with Gasteiger partial charge in [0.25, 0.3) is 5.91 Å². The first-order valence-electron chi connectivity index (χ1n) is 9.76. The molecule has 0 bridgehead atoms. The van der Waals surface area contributed by atoms with Gasteiger partial charge in [-0.3, -0.25) is 14.9 Å². The van der Waals surface area contributed by atoms with Crippen LogP contribution < -0.4 is 5.32 Å². The predicted molar refractivity (Wildman–Crippen MR) is 120 cm³/mol. The van der Waals surface area contributed by atoms with Gasteiger partial charge in [-0.1, -0.05) is 17.4 Å². The van der Waals surface area contributed by atoms with Crippen LogP contribution in [0.15, 0.2) is 41.3 Å². The van der Waals surface area contributed by atoms with E-state index in [0.717, 1.165) is 27.8 Å². The largest absolute Gasteiger partial charge is 0.343 e. The second-order valence-corrected chi connectivity index (χ2v) is 10.4. The third-order valence-electron chi connectivity index (χ3n) is 5.22. The maximum absolute atomic E-state index is 12.8. The van der Waals surface area contributed by atoms with Gasteiger partial charge >= 0.3 is 0 Å². The number of carbonyl (C=O) groups is 2. The maximum atomic E-state index is 12.8. The van der Waals surface area contributed by atoms with Gasteiger partial charge in [0.2, 0.25) is 16.4 Å². The van der Waals surface area contributed by atoms with Gasteiger partial charge in [0.05, 0.1) is 15.1 Å². The van der Waals surface area contributed by atoms with Crippen molar-refractivity contribution in [2.75, 3.05) is 31.5 Å². The van der Waals surface area contributed by atoms with Crippen molar-refractivity contribution in [3.05, 3.63) is 53.1 Å². The Kier molecular flexibility index (Phi) is 5.78. The van der Waals surface area contributed by atoms with E-state index >= 15 is 0 Å². The summed E-state index contributed by atoms with van der Waals surface area (Å²) in [4.78, 5) is 29.6. The van der Waals surface area contributed by atoms with Crippen LogP contribution in [0.25, 0.3) is 10.2 Å². The number of rotatable bonds is 5. The van der Waals surface area contributed by atoms with Crippen molar-refractivity contribution >= 4 is 49.0 Å². The van der Waals surface area contributed by atoms with Gasteiger partial charge < -0.3 is 4.90 Å². The summed E-state index contributed by atoms with van der Waals surface area (Å²) in [6.45, 7) is 5.24. The number of amides is 2. The summed E-state index contributed by atoms with van der Waals surface area (Å²) in [6.07, 6.45) is 0.727. The summed E-state index contributed by atoms with van der Waals surface area (Å²) < 4.78 is 28.0. The zero-order valence-corrected chi connectivity index (χ0v) is 18.8. The predicted octanol–water partition coefficient (Wildman–Crippen LogP) is 2.63. The number of thiazole rings is 1. The molecule has 31 heavy (non-hydrogen) atoms. The molecule has 2 aromatic carbocycles. The summed E-state index contributed by atoms with van der Waals surface area (Å²) in [5.41, 5.74) is 3.40. The van der Waals surface area contributed by atoms with Gasteiger partial charge in [-0.15, -0.1) is 0 Å². The number of hydrogen-bond donors (Lipinski definition) is 1. The molecule has 1 saturated heterocycles. The Morgan fingerprint density at radius 3 is 2.42 bits per heavy atom. The Morgan fingerprint density at radius 1 is 1.10 bits per heavy atom. The molecule has 10 heteroatoms. The molecule has 2 heterocycles. The minimum Gasteiger partial charge on any atom is -0.343 e. The van der Waals surface area contributed by atoms with Crippen molar-refractivity contribution in [3.63, 3.8) is 0 Å². The molecule has 0 saturated carbocycles. The van der Waals surface area contributed by atoms with Crippen LogP contribution in [0.1, 0.15) is 21.5 Å². The molecule has 4 rings (SSSR count).